The van der Waals surface area contributed by atoms with Crippen LogP contribution in [0.2, 0.25) is 0 Å². The minimum Gasteiger partial charge on any atom is -0.361 e. The highest BCUT2D eigenvalue weighted by atomic mass is 16.6. The van der Waals surface area contributed by atoms with Gasteiger partial charge in [-0.05, 0) is 17.2 Å². The smallest absolute Gasteiger partial charge is 0.325 e. The molecule has 0 bridgehead atoms. The first-order chi connectivity index (χ1) is 13.0. The molecule has 4 rings (SSSR count). The number of nitrogens with zero attached hydrogens (tertiary/aromatic N) is 2. The highest BCUT2D eigenvalue weighted by Crippen LogP contribution is 2.22. The van der Waals surface area contributed by atoms with Crippen molar-refractivity contribution in [2.24, 2.45) is 0 Å². The van der Waals surface area contributed by atoms with E-state index in [0.717, 1.165) is 21.4 Å². The minimum absolute atomic E-state index is 0.00324. The van der Waals surface area contributed by atoms with Crippen LogP contribution < -0.4 is 5.32 Å². The lowest BCUT2D eigenvalue weighted by Crippen LogP contribution is -2.32. The number of benzene rings is 2. The fraction of sp³-hybridized carbons (Fsp3) is 0.158. The van der Waals surface area contributed by atoms with E-state index in [1.165, 1.54) is 18.2 Å². The van der Waals surface area contributed by atoms with Gasteiger partial charge in [0, 0.05) is 35.7 Å². The summed E-state index contributed by atoms with van der Waals surface area (Å²) in [5.74, 6) is -0.336. The van der Waals surface area contributed by atoms with Gasteiger partial charge in [0.05, 0.1) is 11.5 Å². The van der Waals surface area contributed by atoms with E-state index < -0.39 is 17.0 Å². The molecule has 1 saturated heterocycles. The number of urea groups is 1. The molecule has 0 radical (unpaired) electrons. The largest absolute Gasteiger partial charge is 0.361 e. The van der Waals surface area contributed by atoms with E-state index in [4.69, 9.17) is 0 Å². The monoisotopic (exact) mass is 364 g/mol. The number of aromatic nitrogens is 1. The van der Waals surface area contributed by atoms with Crippen LogP contribution in [0.3, 0.4) is 0 Å². The normalized spacial score (nSPS) is 16.7. The third-order valence-corrected chi connectivity index (χ3v) is 4.67. The van der Waals surface area contributed by atoms with Crippen molar-refractivity contribution in [3.63, 3.8) is 0 Å². The van der Waals surface area contributed by atoms with Gasteiger partial charge in [-0.25, -0.2) is 4.79 Å². The van der Waals surface area contributed by atoms with Crippen molar-refractivity contribution in [2.45, 2.75) is 19.0 Å². The summed E-state index contributed by atoms with van der Waals surface area (Å²) in [6.45, 7) is -0.00324. The number of para-hydroxylation sites is 1. The summed E-state index contributed by atoms with van der Waals surface area (Å²) in [5.41, 5.74) is 2.37. The molecular weight excluding hydrogens is 348 g/mol. The predicted octanol–water partition coefficient (Wildman–Crippen LogP) is 2.74. The standard InChI is InChI=1S/C19H16N4O4/c24-18-17(9-13-10-20-16-7-2-1-6-15(13)16)21-19(25)22(18)11-12-4-3-5-14(8-12)23(26)27/h1-8,10,17,20H,9,11H2,(H,21,25). The summed E-state index contributed by atoms with van der Waals surface area (Å²) < 4.78 is 0. The lowest BCUT2D eigenvalue weighted by Gasteiger charge is -2.13. The summed E-state index contributed by atoms with van der Waals surface area (Å²) in [7, 11) is 0. The topological polar surface area (TPSA) is 108 Å². The molecule has 1 atom stereocenters. The van der Waals surface area contributed by atoms with Crippen LogP contribution in [0.15, 0.2) is 54.7 Å². The second-order valence-corrected chi connectivity index (χ2v) is 6.42. The van der Waals surface area contributed by atoms with Gasteiger partial charge in [-0.3, -0.25) is 19.8 Å². The molecular formula is C19H16N4O4. The van der Waals surface area contributed by atoms with Gasteiger partial charge in [-0.15, -0.1) is 0 Å². The molecule has 8 heteroatoms. The number of hydrogen-bond acceptors (Lipinski definition) is 4. The number of nitrogens with one attached hydrogen (secondary N) is 2. The number of fused-ring (bicyclic) bond motifs is 1. The number of nitro benzene ring substituents is 1. The molecule has 1 fully saturated rings. The summed E-state index contributed by atoms with van der Waals surface area (Å²) in [5, 5.41) is 14.6. The molecule has 1 aliphatic rings. The Morgan fingerprint density at radius 1 is 1.11 bits per heavy atom. The number of H-pyrrole nitrogens is 1. The zero-order valence-electron chi connectivity index (χ0n) is 14.2. The van der Waals surface area contributed by atoms with E-state index in [2.05, 4.69) is 10.3 Å². The molecule has 27 heavy (non-hydrogen) atoms. The Morgan fingerprint density at radius 3 is 2.74 bits per heavy atom. The second-order valence-electron chi connectivity index (χ2n) is 6.42. The Hall–Kier alpha value is -3.68. The molecule has 136 valence electrons. The van der Waals surface area contributed by atoms with E-state index in [0.29, 0.717) is 12.0 Å². The molecule has 2 heterocycles. The van der Waals surface area contributed by atoms with Crippen molar-refractivity contribution in [1.82, 2.24) is 15.2 Å². The lowest BCUT2D eigenvalue weighted by atomic mass is 10.0. The molecule has 0 aliphatic carbocycles. The second kappa shape index (κ2) is 6.56. The SMILES string of the molecule is O=C1NC(Cc2c[nH]c3ccccc23)C(=O)N1Cc1cccc([N+](=O)[O-])c1. The van der Waals surface area contributed by atoms with Crippen molar-refractivity contribution in [2.75, 3.05) is 0 Å². The van der Waals surface area contributed by atoms with E-state index in [1.54, 1.807) is 6.07 Å². The first-order valence-corrected chi connectivity index (χ1v) is 8.43. The molecule has 2 aromatic carbocycles. The quantitative estimate of drug-likeness (QED) is 0.412. The molecule has 1 aromatic heterocycles. The van der Waals surface area contributed by atoms with Crippen LogP contribution in [-0.4, -0.2) is 32.8 Å². The average molecular weight is 364 g/mol. The zero-order valence-corrected chi connectivity index (χ0v) is 14.2. The summed E-state index contributed by atoms with van der Waals surface area (Å²) in [4.78, 5) is 39.6. The van der Waals surface area contributed by atoms with E-state index in [1.807, 2.05) is 30.5 Å². The Kier molecular flexibility index (Phi) is 4.08. The third kappa shape index (κ3) is 3.12. The third-order valence-electron chi connectivity index (χ3n) is 4.67. The number of rotatable bonds is 5. The van der Waals surface area contributed by atoms with Crippen LogP contribution in [0.4, 0.5) is 10.5 Å². The first-order valence-electron chi connectivity index (χ1n) is 8.43. The minimum atomic E-state index is -0.657. The zero-order chi connectivity index (χ0) is 19.0. The number of carbonyl (C=O) groups excluding carboxylic acids is 2. The fourth-order valence-electron chi connectivity index (χ4n) is 3.34. The summed E-state index contributed by atoms with van der Waals surface area (Å²) >= 11 is 0. The molecule has 3 aromatic rings. The summed E-state index contributed by atoms with van der Waals surface area (Å²) in [6, 6.07) is 12.5. The average Bonchev–Trinajstić information content (AvgIpc) is 3.19. The van der Waals surface area contributed by atoms with E-state index >= 15 is 0 Å². The maximum atomic E-state index is 12.7. The molecule has 2 N–H and O–H groups in total. The molecule has 3 amide bonds. The molecule has 1 unspecified atom stereocenters. The number of aromatic amines is 1. The van der Waals surface area contributed by atoms with Crippen molar-refractivity contribution in [3.05, 3.63) is 76.0 Å². The van der Waals surface area contributed by atoms with Gasteiger partial charge >= 0.3 is 6.03 Å². The van der Waals surface area contributed by atoms with Gasteiger partial charge in [0.15, 0.2) is 0 Å². The van der Waals surface area contributed by atoms with Crippen molar-refractivity contribution in [1.29, 1.82) is 0 Å². The predicted molar refractivity (Wildman–Crippen MR) is 98.0 cm³/mol. The number of nitro groups is 1. The van der Waals surface area contributed by atoms with Crippen LogP contribution in [0, 0.1) is 10.1 Å². The van der Waals surface area contributed by atoms with Crippen LogP contribution in [-0.2, 0) is 17.8 Å². The van der Waals surface area contributed by atoms with Gasteiger partial charge in [-0.1, -0.05) is 30.3 Å². The Bertz CT molecular complexity index is 1060. The van der Waals surface area contributed by atoms with Gasteiger partial charge < -0.3 is 10.3 Å². The van der Waals surface area contributed by atoms with Gasteiger partial charge in [0.25, 0.3) is 11.6 Å². The first kappa shape index (κ1) is 16.8. The number of non-ortho nitro benzene ring substituents is 1. The Balaban J connectivity index is 1.52. The Morgan fingerprint density at radius 2 is 1.93 bits per heavy atom. The van der Waals surface area contributed by atoms with Crippen molar-refractivity contribution < 1.29 is 14.5 Å². The Labute approximate surface area is 153 Å². The van der Waals surface area contributed by atoms with Crippen LogP contribution >= 0.6 is 0 Å². The fourth-order valence-corrected chi connectivity index (χ4v) is 3.34. The van der Waals surface area contributed by atoms with Gasteiger partial charge in [-0.2, -0.15) is 0 Å². The highest BCUT2D eigenvalue weighted by molar-refractivity contribution is 6.04. The molecule has 0 spiro atoms. The van der Waals surface area contributed by atoms with Gasteiger partial charge in [0.2, 0.25) is 0 Å². The molecule has 1 aliphatic heterocycles. The number of imide groups is 1. The molecule has 8 nitrogen and oxygen atoms in total. The van der Waals surface area contributed by atoms with Crippen molar-refractivity contribution >= 4 is 28.5 Å². The maximum absolute atomic E-state index is 12.7. The molecule has 0 saturated carbocycles. The van der Waals surface area contributed by atoms with E-state index in [9.17, 15) is 19.7 Å². The van der Waals surface area contributed by atoms with E-state index in [-0.39, 0.29) is 18.1 Å². The van der Waals surface area contributed by atoms with Crippen molar-refractivity contribution in [3.8, 4) is 0 Å². The van der Waals surface area contributed by atoms with Gasteiger partial charge in [0.1, 0.15) is 6.04 Å². The lowest BCUT2D eigenvalue weighted by molar-refractivity contribution is -0.384. The summed E-state index contributed by atoms with van der Waals surface area (Å²) in [6.07, 6.45) is 2.22. The number of amides is 3. The maximum Gasteiger partial charge on any atom is 0.325 e. The van der Waals surface area contributed by atoms with Crippen LogP contribution in [0.25, 0.3) is 10.9 Å². The van der Waals surface area contributed by atoms with Crippen LogP contribution in [0.1, 0.15) is 11.1 Å². The number of hydrogen-bond donors (Lipinski definition) is 2. The van der Waals surface area contributed by atoms with Crippen LogP contribution in [0.5, 0.6) is 0 Å². The highest BCUT2D eigenvalue weighted by Gasteiger charge is 2.38. The number of carbonyl (C=O) groups is 2.